The molecule has 0 spiro atoms. The van der Waals surface area contributed by atoms with Crippen molar-refractivity contribution in [2.75, 3.05) is 24.3 Å². The van der Waals surface area contributed by atoms with E-state index in [-0.39, 0.29) is 22.0 Å². The quantitative estimate of drug-likeness (QED) is 0.762. The van der Waals surface area contributed by atoms with E-state index in [1.807, 2.05) is 26.8 Å². The van der Waals surface area contributed by atoms with Crippen LogP contribution in [0, 0.1) is 0 Å². The molecule has 0 atom stereocenters. The molecule has 0 unspecified atom stereocenters. The first kappa shape index (κ1) is 21.6. The lowest BCUT2D eigenvalue weighted by atomic mass is 9.87. The Morgan fingerprint density at radius 3 is 2.11 bits per heavy atom. The van der Waals surface area contributed by atoms with Crippen LogP contribution in [0.4, 0.5) is 11.4 Å². The van der Waals surface area contributed by atoms with Gasteiger partial charge in [0.15, 0.2) is 0 Å². The van der Waals surface area contributed by atoms with Gasteiger partial charge in [-0.2, -0.15) is 0 Å². The number of benzene rings is 2. The average molecular weight is 407 g/mol. The molecule has 0 radical (unpaired) electrons. The van der Waals surface area contributed by atoms with Crippen molar-refractivity contribution in [1.29, 1.82) is 0 Å². The lowest BCUT2D eigenvalue weighted by molar-refractivity contribution is -0.114. The van der Waals surface area contributed by atoms with E-state index in [4.69, 9.17) is 9.47 Å². The fourth-order valence-corrected chi connectivity index (χ4v) is 3.67. The maximum Gasteiger partial charge on any atom is 0.262 e. The van der Waals surface area contributed by atoms with Crippen molar-refractivity contribution in [2.45, 2.75) is 38.0 Å². The average Bonchev–Trinajstić information content (AvgIpc) is 2.60. The van der Waals surface area contributed by atoms with Gasteiger partial charge in [-0.15, -0.1) is 0 Å². The Labute approximate surface area is 166 Å². The lowest BCUT2D eigenvalue weighted by Gasteiger charge is -2.21. The Balaban J connectivity index is 2.45. The van der Waals surface area contributed by atoms with Gasteiger partial charge in [0.1, 0.15) is 11.5 Å². The molecule has 0 aliphatic carbocycles. The van der Waals surface area contributed by atoms with E-state index in [0.29, 0.717) is 17.1 Å². The van der Waals surface area contributed by atoms with Gasteiger partial charge in [0.05, 0.1) is 30.5 Å². The molecule has 1 amide bonds. The van der Waals surface area contributed by atoms with Gasteiger partial charge in [-0.1, -0.05) is 26.8 Å². The fraction of sp³-hybridized carbons (Fsp3) is 0.350. The van der Waals surface area contributed by atoms with Gasteiger partial charge < -0.3 is 14.8 Å². The number of carbonyl (C=O) groups excluding carboxylic acids is 1. The number of amides is 1. The maximum atomic E-state index is 12.9. The number of carbonyl (C=O) groups is 1. The molecule has 0 aromatic heterocycles. The zero-order chi connectivity index (χ0) is 21.1. The third-order valence-corrected chi connectivity index (χ3v) is 5.47. The summed E-state index contributed by atoms with van der Waals surface area (Å²) in [5, 5.41) is 2.60. The number of rotatable bonds is 6. The molecule has 0 fully saturated rings. The smallest absolute Gasteiger partial charge is 0.262 e. The van der Waals surface area contributed by atoms with Gasteiger partial charge in [0.2, 0.25) is 5.91 Å². The molecule has 8 heteroatoms. The largest absolute Gasteiger partial charge is 0.495 e. The predicted octanol–water partition coefficient (Wildman–Crippen LogP) is 3.76. The Morgan fingerprint density at radius 1 is 0.929 bits per heavy atom. The highest BCUT2D eigenvalue weighted by Gasteiger charge is 2.21. The Kier molecular flexibility index (Phi) is 6.23. The molecule has 2 N–H and O–H groups in total. The number of anilines is 2. The Bertz CT molecular complexity index is 979. The van der Waals surface area contributed by atoms with E-state index < -0.39 is 10.0 Å². The molecule has 2 aromatic rings. The third-order valence-electron chi connectivity index (χ3n) is 4.10. The number of nitrogens with one attached hydrogen (secondary N) is 2. The van der Waals surface area contributed by atoms with Gasteiger partial charge in [-0.25, -0.2) is 8.42 Å². The summed E-state index contributed by atoms with van der Waals surface area (Å²) in [6.07, 6.45) is 0. The fourth-order valence-electron chi connectivity index (χ4n) is 2.59. The van der Waals surface area contributed by atoms with Gasteiger partial charge in [0, 0.05) is 13.0 Å². The highest BCUT2D eigenvalue weighted by atomic mass is 32.2. The summed E-state index contributed by atoms with van der Waals surface area (Å²) in [6, 6.07) is 9.64. The summed E-state index contributed by atoms with van der Waals surface area (Å²) in [7, 11) is -1.02. The van der Waals surface area contributed by atoms with Crippen LogP contribution in [0.1, 0.15) is 33.3 Å². The third kappa shape index (κ3) is 4.95. The predicted molar refractivity (Wildman–Crippen MR) is 110 cm³/mol. The second kappa shape index (κ2) is 8.10. The second-order valence-corrected chi connectivity index (χ2v) is 9.00. The normalized spacial score (nSPS) is 11.6. The van der Waals surface area contributed by atoms with Crippen LogP contribution in [0.2, 0.25) is 0 Å². The second-order valence-electron chi connectivity index (χ2n) is 7.31. The van der Waals surface area contributed by atoms with Gasteiger partial charge in [-0.3, -0.25) is 9.52 Å². The first-order chi connectivity index (χ1) is 13.0. The summed E-state index contributed by atoms with van der Waals surface area (Å²) >= 11 is 0. The Morgan fingerprint density at radius 2 is 1.57 bits per heavy atom. The highest BCUT2D eigenvalue weighted by Crippen LogP contribution is 2.34. The summed E-state index contributed by atoms with van der Waals surface area (Å²) in [4.78, 5) is 11.3. The monoisotopic (exact) mass is 406 g/mol. The first-order valence-corrected chi connectivity index (χ1v) is 10.1. The summed E-state index contributed by atoms with van der Waals surface area (Å²) in [5.74, 6) is 0.377. The Hall–Kier alpha value is -2.74. The molecule has 0 saturated carbocycles. The molecule has 0 saturated heterocycles. The zero-order valence-corrected chi connectivity index (χ0v) is 17.7. The van der Waals surface area contributed by atoms with Crippen molar-refractivity contribution in [1.82, 2.24) is 0 Å². The van der Waals surface area contributed by atoms with Crippen LogP contribution in [0.25, 0.3) is 0 Å². The number of ether oxygens (including phenoxy) is 2. The molecule has 28 heavy (non-hydrogen) atoms. The first-order valence-electron chi connectivity index (χ1n) is 8.65. The minimum absolute atomic E-state index is 0.00154. The van der Waals surface area contributed by atoms with Crippen molar-refractivity contribution in [3.63, 3.8) is 0 Å². The molecule has 2 rings (SSSR count). The van der Waals surface area contributed by atoms with E-state index in [0.717, 1.165) is 5.56 Å². The van der Waals surface area contributed by atoms with Crippen molar-refractivity contribution < 1.29 is 22.7 Å². The van der Waals surface area contributed by atoms with Crippen molar-refractivity contribution in [3.8, 4) is 11.5 Å². The lowest BCUT2D eigenvalue weighted by Crippen LogP contribution is -2.16. The summed E-state index contributed by atoms with van der Waals surface area (Å²) in [5.41, 5.74) is 1.54. The van der Waals surface area contributed by atoms with Crippen LogP contribution in [0.3, 0.4) is 0 Å². The minimum atomic E-state index is -3.91. The molecule has 0 aliphatic rings. The van der Waals surface area contributed by atoms with E-state index in [9.17, 15) is 13.2 Å². The number of hydrogen-bond donors (Lipinski definition) is 2. The molecular weight excluding hydrogens is 380 g/mol. The van der Waals surface area contributed by atoms with Crippen LogP contribution in [0.5, 0.6) is 11.5 Å². The zero-order valence-electron chi connectivity index (χ0n) is 16.9. The number of methoxy groups -OCH3 is 2. The van der Waals surface area contributed by atoms with Crippen LogP contribution < -0.4 is 19.5 Å². The van der Waals surface area contributed by atoms with E-state index in [2.05, 4.69) is 10.0 Å². The standard InChI is InChI=1S/C20H26N2O5S/c1-13(23)21-16-9-8-15(12-19(16)27-6)28(24,25)22-17-11-14(20(2,3)4)7-10-18(17)26-5/h7-12,22H,1-6H3,(H,21,23). The van der Waals surface area contributed by atoms with Crippen LogP contribution in [0.15, 0.2) is 41.3 Å². The summed E-state index contributed by atoms with van der Waals surface area (Å²) < 4.78 is 38.9. The van der Waals surface area contributed by atoms with Crippen molar-refractivity contribution in [2.24, 2.45) is 0 Å². The van der Waals surface area contributed by atoms with E-state index in [1.165, 1.54) is 39.3 Å². The SMILES string of the molecule is COc1cc(S(=O)(=O)Nc2cc(C(C)(C)C)ccc2OC)ccc1NC(C)=O. The van der Waals surface area contributed by atoms with E-state index >= 15 is 0 Å². The van der Waals surface area contributed by atoms with E-state index in [1.54, 1.807) is 12.1 Å². The highest BCUT2D eigenvalue weighted by molar-refractivity contribution is 7.92. The molecular formula is C20H26N2O5S. The molecule has 0 heterocycles. The van der Waals surface area contributed by atoms with Gasteiger partial charge >= 0.3 is 0 Å². The molecule has 152 valence electrons. The van der Waals surface area contributed by atoms with Crippen LogP contribution in [-0.4, -0.2) is 28.5 Å². The molecule has 2 aromatic carbocycles. The van der Waals surface area contributed by atoms with Crippen LogP contribution >= 0.6 is 0 Å². The molecule has 7 nitrogen and oxygen atoms in total. The van der Waals surface area contributed by atoms with Crippen LogP contribution in [-0.2, 0) is 20.2 Å². The van der Waals surface area contributed by atoms with Gasteiger partial charge in [-0.05, 0) is 35.2 Å². The number of hydrogen-bond acceptors (Lipinski definition) is 5. The molecule has 0 aliphatic heterocycles. The van der Waals surface area contributed by atoms with Crippen molar-refractivity contribution >= 4 is 27.3 Å². The molecule has 0 bridgehead atoms. The van der Waals surface area contributed by atoms with Crippen molar-refractivity contribution in [3.05, 3.63) is 42.0 Å². The van der Waals surface area contributed by atoms with Gasteiger partial charge in [0.25, 0.3) is 10.0 Å². The number of sulfonamides is 1. The maximum absolute atomic E-state index is 12.9. The minimum Gasteiger partial charge on any atom is -0.495 e. The summed E-state index contributed by atoms with van der Waals surface area (Å²) in [6.45, 7) is 7.48. The topological polar surface area (TPSA) is 93.7 Å².